The van der Waals surface area contributed by atoms with Gasteiger partial charge in [0.25, 0.3) is 0 Å². The summed E-state index contributed by atoms with van der Waals surface area (Å²) >= 11 is 0. The molecule has 0 aromatic carbocycles. The molecule has 3 nitrogen and oxygen atoms in total. The van der Waals surface area contributed by atoms with Crippen LogP contribution in [0.15, 0.2) is 18.3 Å². The monoisotopic (exact) mass is 176 g/mol. The zero-order chi connectivity index (χ0) is 8.73. The molecule has 3 heterocycles. The normalized spacial score (nSPS) is 30.5. The molecule has 0 aliphatic carbocycles. The Morgan fingerprint density at radius 1 is 1.54 bits per heavy atom. The molecule has 1 atom stereocenters. The molecule has 68 valence electrons. The largest absolute Gasteiger partial charge is 0.484 e. The van der Waals surface area contributed by atoms with E-state index in [1.807, 2.05) is 18.3 Å². The van der Waals surface area contributed by atoms with E-state index < -0.39 is 0 Å². The van der Waals surface area contributed by atoms with Crippen molar-refractivity contribution in [2.24, 2.45) is 0 Å². The van der Waals surface area contributed by atoms with Crippen LogP contribution in [0.25, 0.3) is 0 Å². The molecular formula is C10H12N2O. The van der Waals surface area contributed by atoms with Crippen LogP contribution in [0.1, 0.15) is 12.1 Å². The number of nitrogens with one attached hydrogen (secondary N) is 1. The van der Waals surface area contributed by atoms with Crippen LogP contribution in [0.2, 0.25) is 0 Å². The standard InChI is InChI=1S/C10H12N2O/c1-2-9-8(12-4-1)6-10(13-9)3-5-11-7-10/h1-2,4,11H,3,5-7H2. The van der Waals surface area contributed by atoms with E-state index >= 15 is 0 Å². The predicted molar refractivity (Wildman–Crippen MR) is 48.8 cm³/mol. The van der Waals surface area contributed by atoms with Gasteiger partial charge in [0.2, 0.25) is 0 Å². The minimum Gasteiger partial charge on any atom is -0.484 e. The molecule has 1 saturated heterocycles. The molecule has 0 bridgehead atoms. The highest BCUT2D eigenvalue weighted by molar-refractivity contribution is 5.34. The zero-order valence-electron chi connectivity index (χ0n) is 7.42. The first-order chi connectivity index (χ1) is 6.38. The molecule has 0 amide bonds. The van der Waals surface area contributed by atoms with E-state index in [0.717, 1.165) is 37.4 Å². The Morgan fingerprint density at radius 3 is 3.31 bits per heavy atom. The summed E-state index contributed by atoms with van der Waals surface area (Å²) in [6.45, 7) is 2.03. The summed E-state index contributed by atoms with van der Waals surface area (Å²) in [6, 6.07) is 3.94. The fourth-order valence-corrected chi connectivity index (χ4v) is 2.18. The number of hydrogen-bond donors (Lipinski definition) is 1. The van der Waals surface area contributed by atoms with Gasteiger partial charge in [-0.05, 0) is 18.7 Å². The van der Waals surface area contributed by atoms with Gasteiger partial charge in [-0.2, -0.15) is 0 Å². The number of aromatic nitrogens is 1. The fraction of sp³-hybridized carbons (Fsp3) is 0.500. The molecular weight excluding hydrogens is 164 g/mol. The van der Waals surface area contributed by atoms with Crippen LogP contribution in [-0.4, -0.2) is 23.7 Å². The Kier molecular flexibility index (Phi) is 1.38. The van der Waals surface area contributed by atoms with Crippen molar-refractivity contribution in [3.05, 3.63) is 24.0 Å². The fourth-order valence-electron chi connectivity index (χ4n) is 2.18. The lowest BCUT2D eigenvalue weighted by Gasteiger charge is -2.20. The van der Waals surface area contributed by atoms with Crippen molar-refractivity contribution < 1.29 is 4.74 Å². The van der Waals surface area contributed by atoms with Crippen molar-refractivity contribution in [2.45, 2.75) is 18.4 Å². The molecule has 1 N–H and O–H groups in total. The topological polar surface area (TPSA) is 34.1 Å². The third-order valence-corrected chi connectivity index (χ3v) is 2.87. The van der Waals surface area contributed by atoms with E-state index in [9.17, 15) is 0 Å². The van der Waals surface area contributed by atoms with Crippen LogP contribution in [0, 0.1) is 0 Å². The van der Waals surface area contributed by atoms with E-state index in [0.29, 0.717) is 0 Å². The molecule has 0 saturated carbocycles. The molecule has 3 heteroatoms. The quantitative estimate of drug-likeness (QED) is 0.633. The Morgan fingerprint density at radius 2 is 2.54 bits per heavy atom. The number of nitrogens with zero attached hydrogens (tertiary/aromatic N) is 1. The highest BCUT2D eigenvalue weighted by Gasteiger charge is 2.42. The van der Waals surface area contributed by atoms with Crippen LogP contribution in [0.5, 0.6) is 5.75 Å². The summed E-state index contributed by atoms with van der Waals surface area (Å²) in [4.78, 5) is 4.33. The number of fused-ring (bicyclic) bond motifs is 1. The Labute approximate surface area is 77.1 Å². The van der Waals surface area contributed by atoms with Gasteiger partial charge in [0.05, 0.1) is 5.69 Å². The number of hydrogen-bond acceptors (Lipinski definition) is 3. The lowest BCUT2D eigenvalue weighted by molar-refractivity contribution is 0.117. The van der Waals surface area contributed by atoms with Gasteiger partial charge in [0.1, 0.15) is 11.4 Å². The smallest absolute Gasteiger partial charge is 0.141 e. The zero-order valence-corrected chi connectivity index (χ0v) is 7.42. The number of pyridine rings is 1. The molecule has 13 heavy (non-hydrogen) atoms. The van der Waals surface area contributed by atoms with Crippen molar-refractivity contribution in [1.82, 2.24) is 10.3 Å². The first-order valence-corrected chi connectivity index (χ1v) is 4.72. The van der Waals surface area contributed by atoms with Crippen molar-refractivity contribution in [3.8, 4) is 5.75 Å². The maximum absolute atomic E-state index is 5.93. The van der Waals surface area contributed by atoms with E-state index in [4.69, 9.17) is 4.74 Å². The van der Waals surface area contributed by atoms with Crippen LogP contribution in [-0.2, 0) is 6.42 Å². The second-order valence-corrected chi connectivity index (χ2v) is 3.84. The summed E-state index contributed by atoms with van der Waals surface area (Å²) < 4.78 is 5.93. The number of ether oxygens (including phenoxy) is 1. The van der Waals surface area contributed by atoms with E-state index in [2.05, 4.69) is 10.3 Å². The summed E-state index contributed by atoms with van der Waals surface area (Å²) in [5, 5.41) is 3.34. The van der Waals surface area contributed by atoms with Gasteiger partial charge in [-0.1, -0.05) is 0 Å². The van der Waals surface area contributed by atoms with Gasteiger partial charge < -0.3 is 10.1 Å². The summed E-state index contributed by atoms with van der Waals surface area (Å²) in [7, 11) is 0. The second-order valence-electron chi connectivity index (χ2n) is 3.84. The van der Waals surface area contributed by atoms with E-state index in [1.54, 1.807) is 0 Å². The van der Waals surface area contributed by atoms with Crippen LogP contribution < -0.4 is 10.1 Å². The first-order valence-electron chi connectivity index (χ1n) is 4.72. The molecule has 1 unspecified atom stereocenters. The highest BCUT2D eigenvalue weighted by Crippen LogP contribution is 2.36. The van der Waals surface area contributed by atoms with Crippen molar-refractivity contribution in [3.63, 3.8) is 0 Å². The van der Waals surface area contributed by atoms with Gasteiger partial charge in [-0.3, -0.25) is 4.98 Å². The van der Waals surface area contributed by atoms with Gasteiger partial charge >= 0.3 is 0 Å². The minimum absolute atomic E-state index is 0.0245. The average molecular weight is 176 g/mol. The molecule has 3 rings (SSSR count). The van der Waals surface area contributed by atoms with E-state index in [-0.39, 0.29) is 5.60 Å². The van der Waals surface area contributed by atoms with Crippen molar-refractivity contribution in [1.29, 1.82) is 0 Å². The SMILES string of the molecule is c1cnc2c(c1)OC1(CCNC1)C2. The molecule has 2 aliphatic heterocycles. The number of rotatable bonds is 0. The van der Waals surface area contributed by atoms with Crippen LogP contribution in [0.4, 0.5) is 0 Å². The van der Waals surface area contributed by atoms with Crippen LogP contribution in [0.3, 0.4) is 0 Å². The molecule has 2 aliphatic rings. The van der Waals surface area contributed by atoms with Crippen LogP contribution >= 0.6 is 0 Å². The van der Waals surface area contributed by atoms with Crippen molar-refractivity contribution >= 4 is 0 Å². The third-order valence-electron chi connectivity index (χ3n) is 2.87. The second kappa shape index (κ2) is 2.45. The molecule has 1 aromatic heterocycles. The summed E-state index contributed by atoms with van der Waals surface area (Å²) in [5.74, 6) is 0.978. The average Bonchev–Trinajstić information content (AvgIpc) is 2.72. The predicted octanol–water partition coefficient (Wildman–Crippen LogP) is 0.749. The van der Waals surface area contributed by atoms with Crippen molar-refractivity contribution in [2.75, 3.05) is 13.1 Å². The van der Waals surface area contributed by atoms with E-state index in [1.165, 1.54) is 0 Å². The maximum Gasteiger partial charge on any atom is 0.141 e. The lowest BCUT2D eigenvalue weighted by Crippen LogP contribution is -2.36. The summed E-state index contributed by atoms with van der Waals surface area (Å²) in [5.41, 5.74) is 1.14. The van der Waals surface area contributed by atoms with Gasteiger partial charge in [0.15, 0.2) is 0 Å². The highest BCUT2D eigenvalue weighted by atomic mass is 16.5. The molecule has 1 fully saturated rings. The van der Waals surface area contributed by atoms with Gasteiger partial charge in [0, 0.05) is 25.6 Å². The minimum atomic E-state index is 0.0245. The Hall–Kier alpha value is -1.09. The molecule has 0 radical (unpaired) electrons. The summed E-state index contributed by atoms with van der Waals surface area (Å²) in [6.07, 6.45) is 3.91. The molecule has 1 spiro atoms. The first kappa shape index (κ1) is 7.33. The Bertz CT molecular complexity index is 304. The third kappa shape index (κ3) is 1.04. The lowest BCUT2D eigenvalue weighted by atomic mass is 9.99. The van der Waals surface area contributed by atoms with Gasteiger partial charge in [-0.15, -0.1) is 0 Å². The molecule has 1 aromatic rings. The Balaban J connectivity index is 1.96. The van der Waals surface area contributed by atoms with Gasteiger partial charge in [-0.25, -0.2) is 0 Å². The maximum atomic E-state index is 5.93.